The van der Waals surface area contributed by atoms with Gasteiger partial charge in [-0.15, -0.1) is 0 Å². The largest absolute Gasteiger partial charge is 0.490 e. The zero-order chi connectivity index (χ0) is 13.8. The first kappa shape index (κ1) is 14.3. The first-order valence-electron chi connectivity index (χ1n) is 7.17. The van der Waals surface area contributed by atoms with Gasteiger partial charge in [-0.1, -0.05) is 44.1 Å². The van der Waals surface area contributed by atoms with E-state index in [0.717, 1.165) is 29.2 Å². The van der Waals surface area contributed by atoms with Gasteiger partial charge < -0.3 is 10.5 Å². The Morgan fingerprint density at radius 3 is 2.89 bits per heavy atom. The predicted molar refractivity (Wildman–Crippen MR) is 83.7 cm³/mol. The molecule has 1 fully saturated rings. The number of nitrogens with two attached hydrogens (primary N) is 1. The van der Waals surface area contributed by atoms with E-state index in [0.29, 0.717) is 11.1 Å². The number of rotatable bonds is 4. The van der Waals surface area contributed by atoms with E-state index in [1.807, 2.05) is 18.2 Å². The highest BCUT2D eigenvalue weighted by atomic mass is 32.1. The molecule has 0 aromatic heterocycles. The minimum atomic E-state index is 0.346. The lowest BCUT2D eigenvalue weighted by Crippen LogP contribution is -2.25. The summed E-state index contributed by atoms with van der Waals surface area (Å²) >= 11 is 5.03. The highest BCUT2D eigenvalue weighted by Gasteiger charge is 2.22. The highest BCUT2D eigenvalue weighted by molar-refractivity contribution is 7.80. The zero-order valence-corrected chi connectivity index (χ0v) is 12.6. The van der Waals surface area contributed by atoms with Crippen LogP contribution in [0.2, 0.25) is 0 Å². The Bertz CT molecular complexity index is 458. The second kappa shape index (κ2) is 6.38. The fourth-order valence-electron chi connectivity index (χ4n) is 2.78. The maximum atomic E-state index is 6.19. The van der Waals surface area contributed by atoms with Crippen LogP contribution in [0.1, 0.15) is 50.2 Å². The van der Waals surface area contributed by atoms with Gasteiger partial charge in [-0.2, -0.15) is 0 Å². The average Bonchev–Trinajstić information content (AvgIpc) is 2.41. The third-order valence-corrected chi connectivity index (χ3v) is 4.31. The molecule has 1 saturated carbocycles. The summed E-state index contributed by atoms with van der Waals surface area (Å²) in [6.07, 6.45) is 6.56. The SMILES string of the molecule is CCC1CCCC(Oc2cc(C(N)=S)ccc2C)C1. The maximum absolute atomic E-state index is 6.19. The summed E-state index contributed by atoms with van der Waals surface area (Å²) < 4.78 is 6.19. The van der Waals surface area contributed by atoms with Crippen LogP contribution in [0.5, 0.6) is 5.75 Å². The van der Waals surface area contributed by atoms with E-state index in [1.165, 1.54) is 25.7 Å². The molecule has 2 nitrogen and oxygen atoms in total. The molecule has 104 valence electrons. The van der Waals surface area contributed by atoms with Crippen molar-refractivity contribution < 1.29 is 4.74 Å². The van der Waals surface area contributed by atoms with Crippen LogP contribution in [0.3, 0.4) is 0 Å². The molecule has 1 aliphatic rings. The first-order valence-corrected chi connectivity index (χ1v) is 7.58. The van der Waals surface area contributed by atoms with Crippen LogP contribution >= 0.6 is 12.2 Å². The van der Waals surface area contributed by atoms with Crippen molar-refractivity contribution >= 4 is 17.2 Å². The molecule has 3 heteroatoms. The quantitative estimate of drug-likeness (QED) is 0.846. The van der Waals surface area contributed by atoms with E-state index in [-0.39, 0.29) is 0 Å². The number of thiocarbonyl (C=S) groups is 1. The Morgan fingerprint density at radius 2 is 2.21 bits per heavy atom. The number of hydrogen-bond acceptors (Lipinski definition) is 2. The minimum absolute atomic E-state index is 0.346. The summed E-state index contributed by atoms with van der Waals surface area (Å²) in [6.45, 7) is 4.34. The second-order valence-electron chi connectivity index (χ2n) is 5.53. The molecule has 19 heavy (non-hydrogen) atoms. The van der Waals surface area contributed by atoms with Crippen LogP contribution in [0.15, 0.2) is 18.2 Å². The Balaban J connectivity index is 2.09. The molecule has 0 aliphatic heterocycles. The van der Waals surface area contributed by atoms with Crippen molar-refractivity contribution in [2.45, 2.75) is 52.1 Å². The lowest BCUT2D eigenvalue weighted by molar-refractivity contribution is 0.121. The Labute approximate surface area is 121 Å². The summed E-state index contributed by atoms with van der Waals surface area (Å²) in [5.74, 6) is 1.75. The van der Waals surface area contributed by atoms with Crippen LogP contribution in [0.4, 0.5) is 0 Å². The Hall–Kier alpha value is -1.09. The third kappa shape index (κ3) is 3.69. The number of hydrogen-bond donors (Lipinski definition) is 1. The molecule has 0 saturated heterocycles. The number of ether oxygens (including phenoxy) is 1. The summed E-state index contributed by atoms with van der Waals surface area (Å²) in [5.41, 5.74) is 7.72. The molecule has 0 spiro atoms. The minimum Gasteiger partial charge on any atom is -0.490 e. The Kier molecular flexibility index (Phi) is 4.81. The van der Waals surface area contributed by atoms with E-state index in [2.05, 4.69) is 13.8 Å². The fraction of sp³-hybridized carbons (Fsp3) is 0.562. The topological polar surface area (TPSA) is 35.2 Å². The first-order chi connectivity index (χ1) is 9.10. The van der Waals surface area contributed by atoms with E-state index >= 15 is 0 Å². The summed E-state index contributed by atoms with van der Waals surface area (Å²) in [7, 11) is 0. The summed E-state index contributed by atoms with van der Waals surface area (Å²) in [5, 5.41) is 0. The maximum Gasteiger partial charge on any atom is 0.123 e. The van der Waals surface area contributed by atoms with Crippen molar-refractivity contribution in [3.63, 3.8) is 0 Å². The van der Waals surface area contributed by atoms with Gasteiger partial charge in [0.1, 0.15) is 10.7 Å². The molecule has 1 aromatic rings. The second-order valence-corrected chi connectivity index (χ2v) is 5.97. The van der Waals surface area contributed by atoms with Crippen LogP contribution in [0, 0.1) is 12.8 Å². The summed E-state index contributed by atoms with van der Waals surface area (Å²) in [6, 6.07) is 5.97. The van der Waals surface area contributed by atoms with Crippen LogP contribution < -0.4 is 10.5 Å². The van der Waals surface area contributed by atoms with Crippen LogP contribution in [-0.2, 0) is 0 Å². The Morgan fingerprint density at radius 1 is 1.42 bits per heavy atom. The van der Waals surface area contributed by atoms with E-state index < -0.39 is 0 Å². The van der Waals surface area contributed by atoms with Gasteiger partial charge in [0, 0.05) is 5.56 Å². The van der Waals surface area contributed by atoms with Crippen molar-refractivity contribution in [3.05, 3.63) is 29.3 Å². The number of benzene rings is 1. The normalized spacial score (nSPS) is 23.1. The molecule has 0 heterocycles. The molecule has 1 aliphatic carbocycles. The average molecular weight is 277 g/mol. The van der Waals surface area contributed by atoms with Crippen molar-refractivity contribution in [2.75, 3.05) is 0 Å². The van der Waals surface area contributed by atoms with Crippen molar-refractivity contribution in [1.82, 2.24) is 0 Å². The molecule has 0 amide bonds. The van der Waals surface area contributed by atoms with Gasteiger partial charge in [0.15, 0.2) is 0 Å². The van der Waals surface area contributed by atoms with Gasteiger partial charge in [-0.05, 0) is 43.7 Å². The standard InChI is InChI=1S/C16H23NOS/c1-3-12-5-4-6-14(9-12)18-15-10-13(16(17)19)8-7-11(15)2/h7-8,10,12,14H,3-6,9H2,1-2H3,(H2,17,19). The molecule has 2 unspecified atom stereocenters. The zero-order valence-electron chi connectivity index (χ0n) is 11.8. The van der Waals surface area contributed by atoms with Gasteiger partial charge in [-0.25, -0.2) is 0 Å². The van der Waals surface area contributed by atoms with Crippen molar-refractivity contribution in [3.8, 4) is 5.75 Å². The van der Waals surface area contributed by atoms with Crippen LogP contribution in [0.25, 0.3) is 0 Å². The third-order valence-electron chi connectivity index (χ3n) is 4.08. The van der Waals surface area contributed by atoms with E-state index in [9.17, 15) is 0 Å². The van der Waals surface area contributed by atoms with E-state index in [1.54, 1.807) is 0 Å². The fourth-order valence-corrected chi connectivity index (χ4v) is 2.91. The lowest BCUT2D eigenvalue weighted by Gasteiger charge is -2.29. The highest BCUT2D eigenvalue weighted by Crippen LogP contribution is 2.31. The molecule has 2 N–H and O–H groups in total. The molecular formula is C16H23NOS. The van der Waals surface area contributed by atoms with Gasteiger partial charge in [0.2, 0.25) is 0 Å². The molecule has 2 atom stereocenters. The molecule has 0 radical (unpaired) electrons. The summed E-state index contributed by atoms with van der Waals surface area (Å²) in [4.78, 5) is 0.430. The van der Waals surface area contributed by atoms with E-state index in [4.69, 9.17) is 22.7 Å². The van der Waals surface area contributed by atoms with Gasteiger partial charge in [0.05, 0.1) is 6.10 Å². The van der Waals surface area contributed by atoms with Gasteiger partial charge in [-0.3, -0.25) is 0 Å². The molecule has 1 aromatic carbocycles. The van der Waals surface area contributed by atoms with Gasteiger partial charge in [0.25, 0.3) is 0 Å². The molecule has 2 rings (SSSR count). The van der Waals surface area contributed by atoms with Gasteiger partial charge >= 0.3 is 0 Å². The van der Waals surface area contributed by atoms with Crippen molar-refractivity contribution in [1.29, 1.82) is 0 Å². The predicted octanol–water partition coefficient (Wildman–Crippen LogP) is 3.98. The number of aryl methyl sites for hydroxylation is 1. The van der Waals surface area contributed by atoms with Crippen LogP contribution in [-0.4, -0.2) is 11.1 Å². The monoisotopic (exact) mass is 277 g/mol. The molecule has 0 bridgehead atoms. The molecular weight excluding hydrogens is 254 g/mol. The van der Waals surface area contributed by atoms with Crippen molar-refractivity contribution in [2.24, 2.45) is 11.7 Å². The lowest BCUT2D eigenvalue weighted by atomic mass is 9.85. The smallest absolute Gasteiger partial charge is 0.123 e.